The molecule has 0 unspecified atom stereocenters. The van der Waals surface area contributed by atoms with Gasteiger partial charge in [0.15, 0.2) is 0 Å². The number of aliphatic hydroxyl groups excluding tert-OH is 1. The second kappa shape index (κ2) is 13.8. The molecule has 2 aliphatic heterocycles. The standard InChI is InChI=1S/C32H42N4O10S2/c1-31(2,3)46-30(39)36(19-23(37)21-44-24-8-7-9-25(16-24)47(40,41)33-4)22-17-32(45-20-22)12-14-35(15-13-32)48(42,43)28-18-34-27-11-6-5-10-26(27)29(28)38/h5-11,16,18,22-23,33,37H,12-15,17,19-21H2,1-4H3,(H,34,38)/t22-,23+/m1/s1. The average molecular weight is 707 g/mol. The van der Waals surface area contributed by atoms with Crippen LogP contribution in [0.1, 0.15) is 40.0 Å². The van der Waals surface area contributed by atoms with Crippen LogP contribution < -0.4 is 9.46 Å². The molecule has 0 aliphatic carbocycles. The molecule has 2 saturated heterocycles. The number of pyridine rings is 1. The summed E-state index contributed by atoms with van der Waals surface area (Å²) < 4.78 is 72.6. The molecular weight excluding hydrogens is 665 g/mol. The maximum atomic E-state index is 13.6. The molecule has 0 radical (unpaired) electrons. The monoisotopic (exact) mass is 706 g/mol. The van der Waals surface area contributed by atoms with E-state index >= 15 is 0 Å². The number of carbonyl (C=O) groups is 1. The summed E-state index contributed by atoms with van der Waals surface area (Å²) >= 11 is 0. The van der Waals surface area contributed by atoms with Crippen molar-refractivity contribution in [3.63, 3.8) is 0 Å². The van der Waals surface area contributed by atoms with Gasteiger partial charge in [-0.15, -0.1) is 0 Å². The van der Waals surface area contributed by atoms with Gasteiger partial charge in [0.1, 0.15) is 34.7 Å². The van der Waals surface area contributed by atoms with Gasteiger partial charge in [0.25, 0.3) is 0 Å². The van der Waals surface area contributed by atoms with Crippen LogP contribution >= 0.6 is 0 Å². The quantitative estimate of drug-likeness (QED) is 0.282. The van der Waals surface area contributed by atoms with E-state index in [2.05, 4.69) is 9.71 Å². The van der Waals surface area contributed by atoms with E-state index in [0.29, 0.717) is 30.2 Å². The van der Waals surface area contributed by atoms with Crippen molar-refractivity contribution in [2.24, 2.45) is 0 Å². The number of benzene rings is 2. The highest BCUT2D eigenvalue weighted by atomic mass is 32.2. The number of hydrogen-bond acceptors (Lipinski definition) is 11. The fraction of sp³-hybridized carbons (Fsp3) is 0.500. The number of carbonyl (C=O) groups excluding carboxylic acids is 1. The molecule has 5 rings (SSSR count). The summed E-state index contributed by atoms with van der Waals surface area (Å²) in [5, 5.41) is 22.1. The number of para-hydroxylation sites is 1. The molecule has 2 aliphatic rings. The van der Waals surface area contributed by atoms with E-state index in [1.807, 2.05) is 0 Å². The molecule has 3 heterocycles. The number of ether oxygens (including phenoxy) is 3. The van der Waals surface area contributed by atoms with Crippen molar-refractivity contribution in [3.05, 3.63) is 54.7 Å². The van der Waals surface area contributed by atoms with Crippen LogP contribution in [0.5, 0.6) is 11.5 Å². The Morgan fingerprint density at radius 2 is 1.85 bits per heavy atom. The zero-order valence-electron chi connectivity index (χ0n) is 27.3. The number of rotatable bonds is 10. The first-order chi connectivity index (χ1) is 22.5. The van der Waals surface area contributed by atoms with Gasteiger partial charge in [-0.3, -0.25) is 4.98 Å². The Balaban J connectivity index is 1.25. The molecule has 2 fully saturated rings. The van der Waals surface area contributed by atoms with Gasteiger partial charge in [0, 0.05) is 24.5 Å². The Morgan fingerprint density at radius 1 is 1.15 bits per heavy atom. The molecule has 1 amide bonds. The summed E-state index contributed by atoms with van der Waals surface area (Å²) in [6.07, 6.45) is 0.464. The molecule has 1 spiro atoms. The Labute approximate surface area is 280 Å². The van der Waals surface area contributed by atoms with E-state index in [0.717, 1.165) is 0 Å². The van der Waals surface area contributed by atoms with E-state index in [4.69, 9.17) is 14.2 Å². The molecule has 0 saturated carbocycles. The first kappa shape index (κ1) is 35.8. The lowest BCUT2D eigenvalue weighted by molar-refractivity contribution is -0.0329. The normalized spacial score (nSPS) is 19.3. The van der Waals surface area contributed by atoms with Gasteiger partial charge in [0.05, 0.1) is 41.4 Å². The topological polar surface area (TPSA) is 185 Å². The van der Waals surface area contributed by atoms with Crippen LogP contribution in [-0.2, 0) is 29.5 Å². The lowest BCUT2D eigenvalue weighted by Crippen LogP contribution is -2.50. The Bertz CT molecular complexity index is 1860. The SMILES string of the molecule is CNS(=O)(=O)c1cccc(OC[C@@H](O)CN(C(=O)OC(C)(C)C)[C@H]2COC3(CCN(S(=O)(=O)c4cnc5ccccc5c4O)CC3)C2)c1. The minimum absolute atomic E-state index is 0.00496. The molecule has 48 heavy (non-hydrogen) atoms. The van der Waals surface area contributed by atoms with Gasteiger partial charge in [-0.25, -0.2) is 26.4 Å². The minimum atomic E-state index is -4.05. The molecule has 0 bridgehead atoms. The van der Waals surface area contributed by atoms with Crippen LogP contribution in [0.15, 0.2) is 64.5 Å². The summed E-state index contributed by atoms with van der Waals surface area (Å²) in [5.74, 6) is -0.115. The molecule has 1 aromatic heterocycles. The van der Waals surface area contributed by atoms with Crippen molar-refractivity contribution < 1.29 is 46.1 Å². The van der Waals surface area contributed by atoms with E-state index in [-0.39, 0.29) is 54.1 Å². The largest absolute Gasteiger partial charge is 0.506 e. The highest BCUT2D eigenvalue weighted by Crippen LogP contribution is 2.40. The van der Waals surface area contributed by atoms with E-state index in [1.165, 1.54) is 40.6 Å². The first-order valence-electron chi connectivity index (χ1n) is 15.6. The van der Waals surface area contributed by atoms with E-state index in [9.17, 15) is 31.8 Å². The third kappa shape index (κ3) is 7.84. The van der Waals surface area contributed by atoms with Gasteiger partial charge < -0.3 is 29.3 Å². The van der Waals surface area contributed by atoms with Gasteiger partial charge in [-0.2, -0.15) is 4.31 Å². The first-order valence-corrected chi connectivity index (χ1v) is 18.5. The maximum Gasteiger partial charge on any atom is 0.410 e. The summed E-state index contributed by atoms with van der Waals surface area (Å²) in [4.78, 5) is 18.8. The van der Waals surface area contributed by atoms with Crippen LogP contribution in [-0.4, -0.2) is 111 Å². The van der Waals surface area contributed by atoms with Gasteiger partial charge in [0.2, 0.25) is 20.0 Å². The molecule has 2 atom stereocenters. The minimum Gasteiger partial charge on any atom is -0.506 e. The lowest BCUT2D eigenvalue weighted by Gasteiger charge is -2.38. The number of aromatic hydroxyl groups is 1. The van der Waals surface area contributed by atoms with Crippen LogP contribution in [0.4, 0.5) is 4.79 Å². The predicted molar refractivity (Wildman–Crippen MR) is 176 cm³/mol. The third-order valence-corrected chi connectivity index (χ3v) is 11.8. The van der Waals surface area contributed by atoms with Crippen LogP contribution in [0, 0.1) is 0 Å². The number of sulfonamides is 2. The highest BCUT2D eigenvalue weighted by Gasteiger charge is 2.48. The molecule has 3 aromatic rings. The highest BCUT2D eigenvalue weighted by molar-refractivity contribution is 7.89. The van der Waals surface area contributed by atoms with Crippen LogP contribution in [0.3, 0.4) is 0 Å². The zero-order valence-corrected chi connectivity index (χ0v) is 29.0. The fourth-order valence-electron chi connectivity index (χ4n) is 5.95. The third-order valence-electron chi connectivity index (χ3n) is 8.46. The summed E-state index contributed by atoms with van der Waals surface area (Å²) in [6, 6.07) is 12.1. The van der Waals surface area contributed by atoms with Crippen molar-refractivity contribution in [2.75, 3.05) is 39.9 Å². The fourth-order valence-corrected chi connectivity index (χ4v) is 8.20. The van der Waals surface area contributed by atoms with Crippen molar-refractivity contribution in [1.29, 1.82) is 0 Å². The van der Waals surface area contributed by atoms with E-state index < -0.39 is 49.5 Å². The number of nitrogens with one attached hydrogen (secondary N) is 1. The number of nitrogens with zero attached hydrogens (tertiary/aromatic N) is 3. The van der Waals surface area contributed by atoms with Gasteiger partial charge in [-0.1, -0.05) is 18.2 Å². The summed E-state index contributed by atoms with van der Waals surface area (Å²) in [5.41, 5.74) is -1.03. The smallest absolute Gasteiger partial charge is 0.410 e. The number of piperidine rings is 1. The number of aliphatic hydroxyl groups is 1. The van der Waals surface area contributed by atoms with Gasteiger partial charge in [-0.05, 0) is 71.3 Å². The van der Waals surface area contributed by atoms with Crippen molar-refractivity contribution in [1.82, 2.24) is 18.9 Å². The second-order valence-electron chi connectivity index (χ2n) is 13.0. The predicted octanol–water partition coefficient (Wildman–Crippen LogP) is 2.84. The van der Waals surface area contributed by atoms with Gasteiger partial charge >= 0.3 is 6.09 Å². The van der Waals surface area contributed by atoms with Crippen molar-refractivity contribution in [2.45, 2.75) is 73.2 Å². The second-order valence-corrected chi connectivity index (χ2v) is 16.8. The summed E-state index contributed by atoms with van der Waals surface area (Å²) in [6.45, 7) is 5.24. The lowest BCUT2D eigenvalue weighted by atomic mass is 9.88. The Kier molecular flexibility index (Phi) is 10.3. The van der Waals surface area contributed by atoms with Crippen LogP contribution in [0.2, 0.25) is 0 Å². The number of hydrogen-bond donors (Lipinski definition) is 3. The van der Waals surface area contributed by atoms with Crippen LogP contribution in [0.25, 0.3) is 10.9 Å². The zero-order chi connectivity index (χ0) is 34.9. The Hall–Kier alpha value is -3.54. The van der Waals surface area contributed by atoms with Crippen molar-refractivity contribution in [3.8, 4) is 11.5 Å². The number of aromatic nitrogens is 1. The molecule has 262 valence electrons. The maximum absolute atomic E-state index is 13.6. The average Bonchev–Trinajstić information content (AvgIpc) is 3.44. The molecule has 3 N–H and O–H groups in total. The molecule has 2 aromatic carbocycles. The number of amides is 1. The Morgan fingerprint density at radius 3 is 2.54 bits per heavy atom. The molecule has 14 nitrogen and oxygen atoms in total. The molecule has 16 heteroatoms. The van der Waals surface area contributed by atoms with E-state index in [1.54, 1.807) is 51.1 Å². The van der Waals surface area contributed by atoms with Crippen molar-refractivity contribution >= 4 is 37.0 Å². The summed E-state index contributed by atoms with van der Waals surface area (Å²) in [7, 11) is -6.45. The molecular formula is C32H42N4O10S2. The number of fused-ring (bicyclic) bond motifs is 1.